The molecule has 6 nitrogen and oxygen atoms in total. The van der Waals surface area contributed by atoms with E-state index in [4.69, 9.17) is 0 Å². The lowest BCUT2D eigenvalue weighted by Gasteiger charge is -2.38. The number of halogens is 2. The standard InChI is InChI=1S/C22H30FN5O.ClH/c1-16-20(26-27-28(16)19-8-12-24-13-9-19)21(29)25-15-22(10-3-2-4-11-22)17-6-5-7-18(23)14-17;/h5-7,14,19,24H,2-4,8-13,15H2,1H3,(H,25,29);1H. The first-order valence-corrected chi connectivity index (χ1v) is 10.8. The van der Waals surface area contributed by atoms with Crippen LogP contribution in [0.4, 0.5) is 4.39 Å². The number of benzene rings is 1. The molecule has 30 heavy (non-hydrogen) atoms. The van der Waals surface area contributed by atoms with E-state index in [0.717, 1.165) is 62.9 Å². The average Bonchev–Trinajstić information content (AvgIpc) is 3.15. The Bertz CT molecular complexity index is 859. The summed E-state index contributed by atoms with van der Waals surface area (Å²) in [7, 11) is 0. The molecule has 0 radical (unpaired) electrons. The van der Waals surface area contributed by atoms with Gasteiger partial charge in [-0.15, -0.1) is 17.5 Å². The minimum atomic E-state index is -0.223. The van der Waals surface area contributed by atoms with Gasteiger partial charge in [-0.3, -0.25) is 4.79 Å². The van der Waals surface area contributed by atoms with Crippen molar-refractivity contribution in [3.8, 4) is 0 Å². The first-order chi connectivity index (χ1) is 14.1. The second kappa shape index (κ2) is 9.88. The van der Waals surface area contributed by atoms with Gasteiger partial charge in [-0.05, 0) is 63.4 Å². The normalized spacial score (nSPS) is 19.1. The Morgan fingerprint density at radius 1 is 1.27 bits per heavy atom. The van der Waals surface area contributed by atoms with Gasteiger partial charge >= 0.3 is 0 Å². The molecule has 164 valence electrons. The minimum Gasteiger partial charge on any atom is -0.350 e. The van der Waals surface area contributed by atoms with E-state index in [1.165, 1.54) is 12.5 Å². The smallest absolute Gasteiger partial charge is 0.273 e. The molecule has 0 atom stereocenters. The zero-order chi connectivity index (χ0) is 20.3. The largest absolute Gasteiger partial charge is 0.350 e. The number of aromatic nitrogens is 3. The maximum Gasteiger partial charge on any atom is 0.273 e. The number of rotatable bonds is 5. The van der Waals surface area contributed by atoms with Gasteiger partial charge in [0.1, 0.15) is 5.82 Å². The Labute approximate surface area is 183 Å². The van der Waals surface area contributed by atoms with Gasteiger partial charge in [0, 0.05) is 12.0 Å². The first kappa shape index (κ1) is 22.7. The predicted molar refractivity (Wildman–Crippen MR) is 117 cm³/mol. The summed E-state index contributed by atoms with van der Waals surface area (Å²) in [6.45, 7) is 4.33. The van der Waals surface area contributed by atoms with Gasteiger partial charge in [0.25, 0.3) is 5.91 Å². The van der Waals surface area contributed by atoms with Crippen molar-refractivity contribution in [3.05, 3.63) is 47.0 Å². The van der Waals surface area contributed by atoms with Crippen molar-refractivity contribution in [2.24, 2.45) is 0 Å². The summed E-state index contributed by atoms with van der Waals surface area (Å²) in [5.41, 5.74) is 1.98. The van der Waals surface area contributed by atoms with Crippen LogP contribution in [-0.2, 0) is 5.41 Å². The Morgan fingerprint density at radius 3 is 2.70 bits per heavy atom. The highest BCUT2D eigenvalue weighted by molar-refractivity contribution is 5.93. The summed E-state index contributed by atoms with van der Waals surface area (Å²) in [6, 6.07) is 7.14. The van der Waals surface area contributed by atoms with Gasteiger partial charge < -0.3 is 10.6 Å². The number of nitrogens with one attached hydrogen (secondary N) is 2. The molecule has 2 fully saturated rings. The van der Waals surface area contributed by atoms with E-state index in [1.807, 2.05) is 17.7 Å². The van der Waals surface area contributed by atoms with Gasteiger partial charge in [-0.2, -0.15) is 0 Å². The summed E-state index contributed by atoms with van der Waals surface area (Å²) in [5, 5.41) is 14.9. The highest BCUT2D eigenvalue weighted by Gasteiger charge is 2.35. The van der Waals surface area contributed by atoms with E-state index in [0.29, 0.717) is 18.3 Å². The second-order valence-electron chi connectivity index (χ2n) is 8.48. The third-order valence-electron chi connectivity index (χ3n) is 6.63. The number of piperidine rings is 1. The van der Waals surface area contributed by atoms with E-state index in [9.17, 15) is 9.18 Å². The van der Waals surface area contributed by atoms with Crippen molar-refractivity contribution in [1.82, 2.24) is 25.6 Å². The van der Waals surface area contributed by atoms with E-state index >= 15 is 0 Å². The Morgan fingerprint density at radius 2 is 2.00 bits per heavy atom. The summed E-state index contributed by atoms with van der Waals surface area (Å²) < 4.78 is 15.8. The molecule has 1 aromatic heterocycles. The molecule has 1 aliphatic heterocycles. The van der Waals surface area contributed by atoms with Crippen LogP contribution in [0.25, 0.3) is 0 Å². The van der Waals surface area contributed by atoms with Crippen molar-refractivity contribution >= 4 is 18.3 Å². The van der Waals surface area contributed by atoms with Crippen molar-refractivity contribution < 1.29 is 9.18 Å². The monoisotopic (exact) mass is 435 g/mol. The maximum absolute atomic E-state index is 13.9. The fourth-order valence-electron chi connectivity index (χ4n) is 4.90. The molecule has 1 saturated carbocycles. The topological polar surface area (TPSA) is 71.8 Å². The lowest BCUT2D eigenvalue weighted by molar-refractivity contribution is 0.0931. The summed E-state index contributed by atoms with van der Waals surface area (Å²) in [6.07, 6.45) is 7.28. The van der Waals surface area contributed by atoms with Crippen LogP contribution in [0.1, 0.15) is 72.7 Å². The second-order valence-corrected chi connectivity index (χ2v) is 8.48. The van der Waals surface area contributed by atoms with Gasteiger partial charge in [-0.25, -0.2) is 9.07 Å². The van der Waals surface area contributed by atoms with Crippen molar-refractivity contribution in [2.45, 2.75) is 63.3 Å². The highest BCUT2D eigenvalue weighted by Crippen LogP contribution is 2.39. The summed E-state index contributed by atoms with van der Waals surface area (Å²) in [5.74, 6) is -0.413. The lowest BCUT2D eigenvalue weighted by Crippen LogP contribution is -2.42. The van der Waals surface area contributed by atoms with Gasteiger partial charge in [0.2, 0.25) is 0 Å². The third-order valence-corrected chi connectivity index (χ3v) is 6.63. The molecule has 4 rings (SSSR count). The number of amides is 1. The van der Waals surface area contributed by atoms with Crippen LogP contribution in [0.3, 0.4) is 0 Å². The van der Waals surface area contributed by atoms with Crippen LogP contribution in [0.5, 0.6) is 0 Å². The SMILES string of the molecule is Cc1c(C(=O)NCC2(c3cccc(F)c3)CCCCC2)nnn1C1CCNCC1.Cl. The van der Waals surface area contributed by atoms with Crippen molar-refractivity contribution in [2.75, 3.05) is 19.6 Å². The molecule has 2 aromatic rings. The molecule has 2 heterocycles. The molecule has 1 aromatic carbocycles. The summed E-state index contributed by atoms with van der Waals surface area (Å²) in [4.78, 5) is 12.9. The molecule has 8 heteroatoms. The zero-order valence-electron chi connectivity index (χ0n) is 17.5. The molecular weight excluding hydrogens is 405 g/mol. The molecule has 0 spiro atoms. The van der Waals surface area contributed by atoms with Crippen molar-refractivity contribution in [1.29, 1.82) is 0 Å². The minimum absolute atomic E-state index is 0. The molecule has 1 aliphatic carbocycles. The predicted octanol–water partition coefficient (Wildman–Crippen LogP) is 3.70. The van der Waals surface area contributed by atoms with E-state index in [2.05, 4.69) is 20.9 Å². The number of carbonyl (C=O) groups excluding carboxylic acids is 1. The number of hydrogen-bond acceptors (Lipinski definition) is 4. The molecule has 2 N–H and O–H groups in total. The fourth-order valence-corrected chi connectivity index (χ4v) is 4.90. The molecular formula is C22H31ClFN5O. The van der Waals surface area contributed by atoms with Gasteiger partial charge in [0.15, 0.2) is 5.69 Å². The van der Waals surface area contributed by atoms with Crippen LogP contribution in [0.15, 0.2) is 24.3 Å². The summed E-state index contributed by atoms with van der Waals surface area (Å²) >= 11 is 0. The Balaban J connectivity index is 0.00000256. The molecule has 0 bridgehead atoms. The average molecular weight is 436 g/mol. The van der Waals surface area contributed by atoms with Crippen LogP contribution in [0.2, 0.25) is 0 Å². The number of hydrogen-bond donors (Lipinski definition) is 2. The van der Waals surface area contributed by atoms with Crippen LogP contribution >= 0.6 is 12.4 Å². The highest BCUT2D eigenvalue weighted by atomic mass is 35.5. The lowest BCUT2D eigenvalue weighted by atomic mass is 9.69. The van der Waals surface area contributed by atoms with E-state index in [1.54, 1.807) is 12.1 Å². The molecule has 1 amide bonds. The molecule has 1 saturated heterocycles. The Kier molecular flexibility index (Phi) is 7.47. The van der Waals surface area contributed by atoms with Crippen molar-refractivity contribution in [3.63, 3.8) is 0 Å². The Hall–Kier alpha value is -1.99. The fraction of sp³-hybridized carbons (Fsp3) is 0.591. The number of nitrogens with zero attached hydrogens (tertiary/aromatic N) is 3. The first-order valence-electron chi connectivity index (χ1n) is 10.8. The van der Waals surface area contributed by atoms with Crippen LogP contribution < -0.4 is 10.6 Å². The quantitative estimate of drug-likeness (QED) is 0.751. The van der Waals surface area contributed by atoms with E-state index in [-0.39, 0.29) is 29.5 Å². The van der Waals surface area contributed by atoms with Gasteiger partial charge in [-0.1, -0.05) is 36.6 Å². The molecule has 2 aliphatic rings. The van der Waals surface area contributed by atoms with Gasteiger partial charge in [0.05, 0.1) is 11.7 Å². The third kappa shape index (κ3) is 4.67. The maximum atomic E-state index is 13.9. The number of carbonyl (C=O) groups is 1. The molecule has 0 unspecified atom stereocenters. The van der Waals surface area contributed by atoms with Crippen LogP contribution in [-0.4, -0.2) is 40.5 Å². The zero-order valence-corrected chi connectivity index (χ0v) is 18.3. The van der Waals surface area contributed by atoms with Crippen LogP contribution in [0, 0.1) is 12.7 Å². The van der Waals surface area contributed by atoms with E-state index < -0.39 is 0 Å².